The second kappa shape index (κ2) is 25.6. The van der Waals surface area contributed by atoms with Crippen LogP contribution < -0.4 is 29.6 Å². The van der Waals surface area contributed by atoms with Gasteiger partial charge in [0.15, 0.2) is 17.3 Å². The molecule has 5 atom stereocenters. The normalized spacial score (nSPS) is 18.8. The van der Waals surface area contributed by atoms with E-state index in [9.17, 15) is 33.6 Å². The Morgan fingerprint density at radius 2 is 1.30 bits per heavy atom. The number of methoxy groups -OCH3 is 2. The summed E-state index contributed by atoms with van der Waals surface area (Å²) in [5, 5.41) is 5.46. The summed E-state index contributed by atoms with van der Waals surface area (Å²) in [5.41, 5.74) is 7.12. The van der Waals surface area contributed by atoms with Gasteiger partial charge in [-0.25, -0.2) is 0 Å². The van der Waals surface area contributed by atoms with Gasteiger partial charge in [-0.3, -0.25) is 48.4 Å². The van der Waals surface area contributed by atoms with Crippen molar-refractivity contribution >= 4 is 93.6 Å². The second-order valence-electron chi connectivity index (χ2n) is 21.3. The van der Waals surface area contributed by atoms with E-state index in [0.717, 1.165) is 33.6 Å². The van der Waals surface area contributed by atoms with Gasteiger partial charge in [-0.1, -0.05) is 51.5 Å². The summed E-state index contributed by atoms with van der Waals surface area (Å²) < 4.78 is 23.4. The number of anilines is 1. The van der Waals surface area contributed by atoms with Crippen LogP contribution in [0.25, 0.3) is 11.1 Å². The zero-order valence-corrected chi connectivity index (χ0v) is 47.6. The molecule has 0 saturated carbocycles. The topological polar surface area (TPSA) is 215 Å². The summed E-state index contributed by atoms with van der Waals surface area (Å²) in [5.74, 6) is -0.124. The number of ketones is 1. The molecule has 0 aromatic heterocycles. The second-order valence-corrected chi connectivity index (χ2v) is 22.4. The highest BCUT2D eigenvalue weighted by atomic mass is 32.2. The van der Waals surface area contributed by atoms with Crippen LogP contribution in [0.2, 0.25) is 0 Å². The third-order valence-corrected chi connectivity index (χ3v) is 16.2. The van der Waals surface area contributed by atoms with E-state index < -0.39 is 12.0 Å². The van der Waals surface area contributed by atoms with E-state index in [1.807, 2.05) is 94.2 Å². The molecular formula is C62H69N7O11S. The first-order valence-corrected chi connectivity index (χ1v) is 28.8. The van der Waals surface area contributed by atoms with Crippen molar-refractivity contribution in [2.24, 2.45) is 21.8 Å². The van der Waals surface area contributed by atoms with Crippen LogP contribution >= 0.6 is 11.8 Å². The van der Waals surface area contributed by atoms with Gasteiger partial charge in [-0.15, -0.1) is 0 Å². The summed E-state index contributed by atoms with van der Waals surface area (Å²) in [4.78, 5) is 106. The number of Topliss-reactive ketones (excluding diaryl/α,β-unsaturated/α-hetero) is 1. The van der Waals surface area contributed by atoms with Crippen molar-refractivity contribution in [3.8, 4) is 23.0 Å². The highest BCUT2D eigenvalue weighted by molar-refractivity contribution is 8.00. The lowest BCUT2D eigenvalue weighted by Gasteiger charge is -2.23. The van der Waals surface area contributed by atoms with Gasteiger partial charge >= 0.3 is 0 Å². The zero-order valence-electron chi connectivity index (χ0n) is 46.8. The summed E-state index contributed by atoms with van der Waals surface area (Å²) >= 11 is 1.38. The molecule has 0 radical (unpaired) electrons. The number of likely N-dealkylation sites (tertiary alicyclic amines) is 1. The first kappa shape index (κ1) is 57.6. The molecule has 424 valence electrons. The number of nitrogens with one attached hydrogen (secondary N) is 2. The number of carbonyl (C=O) groups is 7. The van der Waals surface area contributed by atoms with E-state index in [4.69, 9.17) is 28.9 Å². The molecule has 5 aliphatic heterocycles. The summed E-state index contributed by atoms with van der Waals surface area (Å²) in [6.45, 7) is 8.24. The van der Waals surface area contributed by atoms with Crippen LogP contribution in [0, 0.1) is 18.8 Å². The lowest BCUT2D eigenvalue weighted by molar-refractivity contribution is -0.138. The summed E-state index contributed by atoms with van der Waals surface area (Å²) in [6, 6.07) is 20.8. The Hall–Kier alpha value is -8.06. The molecule has 0 aliphatic carbocycles. The molecule has 0 bridgehead atoms. The number of aliphatic imine (C=N–C) groups is 2. The molecule has 81 heavy (non-hydrogen) atoms. The van der Waals surface area contributed by atoms with Crippen LogP contribution in [-0.2, 0) is 24.0 Å². The van der Waals surface area contributed by atoms with Gasteiger partial charge in [0.25, 0.3) is 11.8 Å². The van der Waals surface area contributed by atoms with Gasteiger partial charge in [0.2, 0.25) is 23.6 Å². The van der Waals surface area contributed by atoms with Gasteiger partial charge < -0.3 is 39.4 Å². The van der Waals surface area contributed by atoms with Crippen LogP contribution in [-0.4, -0.2) is 132 Å². The largest absolute Gasteiger partial charge is 0.497 e. The van der Waals surface area contributed by atoms with Crippen molar-refractivity contribution in [1.29, 1.82) is 0 Å². The quantitative estimate of drug-likeness (QED) is 0.0496. The minimum Gasteiger partial charge on any atom is -0.497 e. The van der Waals surface area contributed by atoms with E-state index >= 15 is 0 Å². The molecule has 5 heterocycles. The smallest absolute Gasteiger partial charge is 0.260 e. The molecule has 6 amide bonds. The van der Waals surface area contributed by atoms with Crippen LogP contribution in [0.15, 0.2) is 95.2 Å². The van der Waals surface area contributed by atoms with Crippen molar-refractivity contribution in [3.05, 3.63) is 113 Å². The Kier molecular flexibility index (Phi) is 18.2. The van der Waals surface area contributed by atoms with E-state index in [1.165, 1.54) is 23.8 Å². The van der Waals surface area contributed by atoms with E-state index in [-0.39, 0.29) is 90.3 Å². The minimum absolute atomic E-state index is 0.0618. The lowest BCUT2D eigenvalue weighted by atomic mass is 9.92. The summed E-state index contributed by atoms with van der Waals surface area (Å²) in [6.07, 6.45) is 13.0. The number of aryl methyl sites for hydroxylation is 1. The Morgan fingerprint density at radius 1 is 0.704 bits per heavy atom. The maximum atomic E-state index is 14.1. The molecule has 4 aromatic rings. The number of carbonyl (C=O) groups excluding carboxylic acids is 7. The molecule has 2 N–H and O–H groups in total. The highest BCUT2D eigenvalue weighted by Gasteiger charge is 2.38. The zero-order chi connectivity index (χ0) is 57.5. The number of hydrogen-bond donors (Lipinski definition) is 2. The predicted octanol–water partition coefficient (Wildman–Crippen LogP) is 9.53. The fourth-order valence-electron chi connectivity index (χ4n) is 10.6. The Balaban J connectivity index is 0.726. The molecule has 1 unspecified atom stereocenters. The molecule has 5 aliphatic rings. The van der Waals surface area contributed by atoms with Crippen LogP contribution in [0.3, 0.4) is 0 Å². The molecule has 1 fully saturated rings. The van der Waals surface area contributed by atoms with Gasteiger partial charge in [-0.05, 0) is 96.2 Å². The van der Waals surface area contributed by atoms with Crippen molar-refractivity contribution < 1.29 is 52.5 Å². The number of thioether (sulfide) groups is 1. The van der Waals surface area contributed by atoms with Crippen LogP contribution in [0.1, 0.15) is 116 Å². The van der Waals surface area contributed by atoms with E-state index in [2.05, 4.69) is 10.6 Å². The van der Waals surface area contributed by atoms with Crippen LogP contribution in [0.4, 0.5) is 17.1 Å². The average molecular weight is 1120 g/mol. The maximum absolute atomic E-state index is 14.1. The Morgan fingerprint density at radius 3 is 1.88 bits per heavy atom. The molecule has 9 rings (SSSR count). The van der Waals surface area contributed by atoms with E-state index in [0.29, 0.717) is 97.1 Å². The number of benzene rings is 4. The Labute approximate surface area is 476 Å². The minimum atomic E-state index is -0.754. The maximum Gasteiger partial charge on any atom is 0.260 e. The SMILES string of the molecule is COc1ccc(C2=CN3C(=O)c4cc(C)c(OCCCOc5cc6c(cc5OC)C(=O)N5C=C(c7ccc(NC(=O)[C@H](C)CC(=O)[C@@H](NC(=O)CCCCCN8C(=O)CC(SC)C8=O)C(C)C)cc7)C[C@H]5C=N6)cc4N=C[C@@H]3C2)cc1. The molecule has 18 nitrogen and oxygen atoms in total. The number of ether oxygens (including phenoxy) is 4. The number of amides is 6. The van der Waals surface area contributed by atoms with Crippen molar-refractivity contribution in [2.75, 3.05) is 45.6 Å². The van der Waals surface area contributed by atoms with Gasteiger partial charge in [0.05, 0.1) is 73.3 Å². The first-order chi connectivity index (χ1) is 39.0. The standard InChI is InChI=1S/C62H69N7O11S/c1-36(2)58(66-56(71)12-9-8-10-21-67-57(72)31-55(81-7)62(67)76)51(70)25-38(4)59(73)65-43-17-13-39(14-18-43)41-26-45-33-64-50-30-54(53(78-6)28-48(50)61(75)69(45)34-41)80-23-11-22-79-52-29-49-47(24-37(52)3)60(74)68-35-42(27-44(68)32-63-49)40-15-19-46(77-5)20-16-40/h13-20,24,28-30,32-36,38,44-45,55,58H,8-12,21-23,25-27,31H2,1-7H3,(H,65,73)(H,66,71)/t38-,44+,45+,55?,58+/m1/s1. The molecule has 1 saturated heterocycles. The number of rotatable bonds is 24. The highest BCUT2D eigenvalue weighted by Crippen LogP contribution is 2.41. The molecule has 4 aromatic carbocycles. The number of imide groups is 1. The van der Waals surface area contributed by atoms with Crippen LogP contribution in [0.5, 0.6) is 23.0 Å². The van der Waals surface area contributed by atoms with Gasteiger partial charge in [0.1, 0.15) is 11.5 Å². The third-order valence-electron chi connectivity index (χ3n) is 15.3. The number of fused-ring (bicyclic) bond motifs is 4. The van der Waals surface area contributed by atoms with Crippen molar-refractivity contribution in [3.63, 3.8) is 0 Å². The average Bonchev–Trinajstić information content (AvgIpc) is 4.22. The first-order valence-electron chi connectivity index (χ1n) is 27.6. The fourth-order valence-corrected chi connectivity index (χ4v) is 11.2. The number of nitrogens with zero attached hydrogens (tertiary/aromatic N) is 5. The molecule has 19 heteroatoms. The van der Waals surface area contributed by atoms with Gasteiger partial charge in [-0.2, -0.15) is 11.8 Å². The fraction of sp³-hybridized carbons (Fsp3) is 0.403. The number of hydrogen-bond acceptors (Lipinski definition) is 14. The Bertz CT molecular complexity index is 3230. The lowest BCUT2D eigenvalue weighted by Crippen LogP contribution is -2.45. The van der Waals surface area contributed by atoms with E-state index in [1.54, 1.807) is 54.3 Å². The predicted molar refractivity (Wildman–Crippen MR) is 312 cm³/mol. The van der Waals surface area contributed by atoms with Crippen molar-refractivity contribution in [2.45, 2.75) is 109 Å². The van der Waals surface area contributed by atoms with Crippen molar-refractivity contribution in [1.82, 2.24) is 20.0 Å². The monoisotopic (exact) mass is 1120 g/mol. The third kappa shape index (κ3) is 13.1. The molecular weight excluding hydrogens is 1050 g/mol. The van der Waals surface area contributed by atoms with Gasteiger partial charge in [0, 0.05) is 93.6 Å². The number of unbranched alkanes of at least 4 members (excludes halogenated alkanes) is 2. The molecule has 0 spiro atoms. The summed E-state index contributed by atoms with van der Waals surface area (Å²) in [7, 11) is 3.15.